The van der Waals surface area contributed by atoms with Gasteiger partial charge in [-0.1, -0.05) is 6.08 Å². The normalized spacial score (nSPS) is 41.2. The molecule has 1 saturated heterocycles. The Morgan fingerprint density at radius 1 is 1.40 bits per heavy atom. The van der Waals surface area contributed by atoms with Crippen LogP contribution >= 0.6 is 0 Å². The minimum Gasteiger partial charge on any atom is -0.311 e. The molecule has 0 aromatic carbocycles. The fourth-order valence-corrected chi connectivity index (χ4v) is 1.67. The zero-order valence-electron chi connectivity index (χ0n) is 6.93. The first-order valence-electron chi connectivity index (χ1n) is 4.12. The molecule has 1 nitrogen and oxygen atoms in total. The van der Waals surface area contributed by atoms with Crippen LogP contribution in [-0.4, -0.2) is 12.1 Å². The van der Waals surface area contributed by atoms with Crippen LogP contribution in [-0.2, 0) is 0 Å². The van der Waals surface area contributed by atoms with E-state index >= 15 is 0 Å². The van der Waals surface area contributed by atoms with Crippen molar-refractivity contribution in [3.63, 3.8) is 0 Å². The van der Waals surface area contributed by atoms with E-state index in [1.807, 2.05) is 0 Å². The zero-order valence-corrected chi connectivity index (χ0v) is 6.93. The topological polar surface area (TPSA) is 12.0 Å². The predicted molar refractivity (Wildman–Crippen MR) is 45.0 cm³/mol. The molecule has 3 unspecified atom stereocenters. The maximum Gasteiger partial charge on any atom is 0.0104 e. The zero-order chi connectivity index (χ0) is 7.56. The van der Waals surface area contributed by atoms with Gasteiger partial charge in [-0.2, -0.15) is 0 Å². The smallest absolute Gasteiger partial charge is 0.0104 e. The molecule has 10 heavy (non-hydrogen) atoms. The molecule has 0 aliphatic carbocycles. The third-order valence-electron chi connectivity index (χ3n) is 2.43. The summed E-state index contributed by atoms with van der Waals surface area (Å²) in [5, 5.41) is 3.51. The lowest BCUT2D eigenvalue weighted by molar-refractivity contribution is 0.293. The SMILES string of the molecule is C=CC1CCC(C)NC1C. The Morgan fingerprint density at radius 3 is 2.60 bits per heavy atom. The summed E-state index contributed by atoms with van der Waals surface area (Å²) in [7, 11) is 0. The first-order chi connectivity index (χ1) is 4.74. The molecule has 1 fully saturated rings. The van der Waals surface area contributed by atoms with E-state index in [1.165, 1.54) is 12.8 Å². The van der Waals surface area contributed by atoms with Gasteiger partial charge in [-0.05, 0) is 32.6 Å². The second kappa shape index (κ2) is 3.20. The lowest BCUT2D eigenvalue weighted by Crippen LogP contribution is -2.43. The van der Waals surface area contributed by atoms with E-state index in [0.717, 1.165) is 0 Å². The third kappa shape index (κ3) is 1.60. The van der Waals surface area contributed by atoms with Crippen molar-refractivity contribution in [2.45, 2.75) is 38.8 Å². The standard InChI is InChI=1S/C9H17N/c1-4-9-6-5-7(2)10-8(9)3/h4,7-10H,1,5-6H2,2-3H3. The first kappa shape index (κ1) is 7.80. The average Bonchev–Trinajstić information content (AvgIpc) is 1.88. The number of hydrogen-bond donors (Lipinski definition) is 1. The molecule has 1 aliphatic heterocycles. The van der Waals surface area contributed by atoms with Gasteiger partial charge in [-0.15, -0.1) is 6.58 Å². The van der Waals surface area contributed by atoms with E-state index in [2.05, 4.69) is 31.8 Å². The molecule has 0 radical (unpaired) electrons. The Hall–Kier alpha value is -0.300. The molecule has 0 amide bonds. The first-order valence-corrected chi connectivity index (χ1v) is 4.12. The molecule has 0 aromatic rings. The minimum atomic E-state index is 0.626. The van der Waals surface area contributed by atoms with Crippen molar-refractivity contribution in [1.82, 2.24) is 5.32 Å². The lowest BCUT2D eigenvalue weighted by atomic mass is 9.89. The van der Waals surface area contributed by atoms with E-state index in [9.17, 15) is 0 Å². The molecular formula is C9H17N. The fourth-order valence-electron chi connectivity index (χ4n) is 1.67. The van der Waals surface area contributed by atoms with Crippen LogP contribution in [0.15, 0.2) is 12.7 Å². The minimum absolute atomic E-state index is 0.626. The number of hydrogen-bond acceptors (Lipinski definition) is 1. The molecule has 1 heterocycles. The molecule has 1 N–H and O–H groups in total. The van der Waals surface area contributed by atoms with Crippen LogP contribution < -0.4 is 5.32 Å². The highest BCUT2D eigenvalue weighted by Crippen LogP contribution is 2.19. The Morgan fingerprint density at radius 2 is 2.10 bits per heavy atom. The van der Waals surface area contributed by atoms with Gasteiger partial charge in [0.25, 0.3) is 0 Å². The second-order valence-corrected chi connectivity index (χ2v) is 3.33. The summed E-state index contributed by atoms with van der Waals surface area (Å²) in [6.07, 6.45) is 4.67. The quantitative estimate of drug-likeness (QED) is 0.547. The van der Waals surface area contributed by atoms with Crippen LogP contribution in [0.25, 0.3) is 0 Å². The van der Waals surface area contributed by atoms with Gasteiger partial charge in [0.2, 0.25) is 0 Å². The van der Waals surface area contributed by atoms with Gasteiger partial charge >= 0.3 is 0 Å². The average molecular weight is 139 g/mol. The molecule has 0 aromatic heterocycles. The molecule has 1 heteroatoms. The number of piperidine rings is 1. The van der Waals surface area contributed by atoms with Crippen molar-refractivity contribution < 1.29 is 0 Å². The van der Waals surface area contributed by atoms with Crippen molar-refractivity contribution in [3.8, 4) is 0 Å². The van der Waals surface area contributed by atoms with Gasteiger partial charge in [0.15, 0.2) is 0 Å². The molecule has 1 aliphatic rings. The van der Waals surface area contributed by atoms with E-state index in [-0.39, 0.29) is 0 Å². The van der Waals surface area contributed by atoms with Gasteiger partial charge in [-0.25, -0.2) is 0 Å². The van der Waals surface area contributed by atoms with E-state index in [0.29, 0.717) is 18.0 Å². The summed E-state index contributed by atoms with van der Waals surface area (Å²) < 4.78 is 0. The van der Waals surface area contributed by atoms with E-state index in [4.69, 9.17) is 0 Å². The van der Waals surface area contributed by atoms with Crippen LogP contribution in [0.3, 0.4) is 0 Å². The molecule has 0 spiro atoms. The Balaban J connectivity index is 2.43. The maximum absolute atomic E-state index is 3.82. The summed E-state index contributed by atoms with van der Waals surface area (Å²) in [5.74, 6) is 0.691. The van der Waals surface area contributed by atoms with Crippen molar-refractivity contribution in [2.24, 2.45) is 5.92 Å². The van der Waals surface area contributed by atoms with Gasteiger partial charge < -0.3 is 5.32 Å². The molecule has 0 saturated carbocycles. The fraction of sp³-hybridized carbons (Fsp3) is 0.778. The van der Waals surface area contributed by atoms with Crippen molar-refractivity contribution in [3.05, 3.63) is 12.7 Å². The predicted octanol–water partition coefficient (Wildman–Crippen LogP) is 1.95. The maximum atomic E-state index is 3.82. The summed E-state index contributed by atoms with van der Waals surface area (Å²) >= 11 is 0. The second-order valence-electron chi connectivity index (χ2n) is 3.33. The van der Waals surface area contributed by atoms with Gasteiger partial charge in [0.05, 0.1) is 0 Å². The highest BCUT2D eigenvalue weighted by Gasteiger charge is 2.21. The Kier molecular flexibility index (Phi) is 2.50. The van der Waals surface area contributed by atoms with Crippen LogP contribution in [0.5, 0.6) is 0 Å². The van der Waals surface area contributed by atoms with Crippen molar-refractivity contribution in [2.75, 3.05) is 0 Å². The summed E-state index contributed by atoms with van der Waals surface area (Å²) in [4.78, 5) is 0. The number of rotatable bonds is 1. The molecule has 1 rings (SSSR count). The largest absolute Gasteiger partial charge is 0.311 e. The van der Waals surface area contributed by atoms with Crippen LogP contribution in [0.1, 0.15) is 26.7 Å². The van der Waals surface area contributed by atoms with Crippen LogP contribution in [0.2, 0.25) is 0 Å². The molecule has 3 atom stereocenters. The van der Waals surface area contributed by atoms with Crippen LogP contribution in [0, 0.1) is 5.92 Å². The van der Waals surface area contributed by atoms with Crippen molar-refractivity contribution in [1.29, 1.82) is 0 Å². The lowest BCUT2D eigenvalue weighted by Gasteiger charge is -2.32. The van der Waals surface area contributed by atoms with Gasteiger partial charge in [0.1, 0.15) is 0 Å². The molecule has 58 valence electrons. The summed E-state index contributed by atoms with van der Waals surface area (Å²) in [6.45, 7) is 8.30. The van der Waals surface area contributed by atoms with E-state index < -0.39 is 0 Å². The Bertz CT molecular complexity index is 120. The number of nitrogens with one attached hydrogen (secondary N) is 1. The molecule has 0 bridgehead atoms. The van der Waals surface area contributed by atoms with Crippen molar-refractivity contribution >= 4 is 0 Å². The van der Waals surface area contributed by atoms with Gasteiger partial charge in [-0.3, -0.25) is 0 Å². The third-order valence-corrected chi connectivity index (χ3v) is 2.43. The highest BCUT2D eigenvalue weighted by atomic mass is 15.0. The van der Waals surface area contributed by atoms with E-state index in [1.54, 1.807) is 0 Å². The monoisotopic (exact) mass is 139 g/mol. The molecular weight excluding hydrogens is 122 g/mol. The highest BCUT2D eigenvalue weighted by molar-refractivity contribution is 4.91. The summed E-state index contributed by atoms with van der Waals surface area (Å²) in [6, 6.07) is 1.33. The van der Waals surface area contributed by atoms with Gasteiger partial charge in [0, 0.05) is 12.1 Å². The van der Waals surface area contributed by atoms with Crippen LogP contribution in [0.4, 0.5) is 0 Å². The Labute approximate surface area is 63.5 Å². The summed E-state index contributed by atoms with van der Waals surface area (Å²) in [5.41, 5.74) is 0.